The number of carbonyl (C=O) groups excluding carboxylic acids is 1. The Morgan fingerprint density at radius 1 is 1.42 bits per heavy atom. The molecule has 0 saturated carbocycles. The molecule has 130 valence electrons. The molecule has 0 aliphatic carbocycles. The normalized spacial score (nSPS) is 12.1. The lowest BCUT2D eigenvalue weighted by atomic mass is 10.2. The Morgan fingerprint density at radius 2 is 2.17 bits per heavy atom. The van der Waals surface area contributed by atoms with Gasteiger partial charge in [0.2, 0.25) is 5.91 Å². The quantitative estimate of drug-likeness (QED) is 0.449. The molecule has 9 nitrogen and oxygen atoms in total. The minimum absolute atomic E-state index is 0.185. The maximum Gasteiger partial charge on any atom is 0.390 e. The van der Waals surface area contributed by atoms with E-state index in [2.05, 4.69) is 15.5 Å². The molecule has 1 N–H and O–H groups in total. The van der Waals surface area contributed by atoms with Gasteiger partial charge in [-0.15, -0.1) is 0 Å². The van der Waals surface area contributed by atoms with E-state index in [1.165, 1.54) is 10.7 Å². The number of aromatic nitrogens is 4. The van der Waals surface area contributed by atoms with Crippen LogP contribution in [-0.2, 0) is 11.3 Å². The predicted octanol–water partition coefficient (Wildman–Crippen LogP) is 1.76. The van der Waals surface area contributed by atoms with Gasteiger partial charge in [-0.3, -0.25) is 9.48 Å². The Hall–Kier alpha value is -2.71. The van der Waals surface area contributed by atoms with E-state index >= 15 is 0 Å². The molecule has 1 atom stereocenters. The molecular weight excluding hydrogens is 312 g/mol. The summed E-state index contributed by atoms with van der Waals surface area (Å²) in [5.41, 5.74) is 1.55. The highest BCUT2D eigenvalue weighted by Crippen LogP contribution is 2.18. The van der Waals surface area contributed by atoms with E-state index in [1.807, 2.05) is 30.8 Å². The second-order valence-corrected chi connectivity index (χ2v) is 5.63. The molecule has 0 fully saturated rings. The van der Waals surface area contributed by atoms with E-state index in [9.17, 15) is 14.9 Å². The highest BCUT2D eigenvalue weighted by Gasteiger charge is 2.26. The third kappa shape index (κ3) is 4.18. The average Bonchev–Trinajstić information content (AvgIpc) is 3.11. The van der Waals surface area contributed by atoms with Crippen LogP contribution >= 0.6 is 0 Å². The van der Waals surface area contributed by atoms with Crippen LogP contribution in [0, 0.1) is 24.0 Å². The average molecular weight is 334 g/mol. The van der Waals surface area contributed by atoms with Crippen molar-refractivity contribution in [2.75, 3.05) is 6.54 Å². The Kier molecular flexibility index (Phi) is 5.67. The van der Waals surface area contributed by atoms with Crippen LogP contribution in [0.4, 0.5) is 5.82 Å². The van der Waals surface area contributed by atoms with E-state index in [0.29, 0.717) is 18.7 Å². The third-order valence-corrected chi connectivity index (χ3v) is 3.72. The molecule has 0 bridgehead atoms. The number of aryl methyl sites for hydroxylation is 3. The smallest absolute Gasteiger partial charge is 0.358 e. The van der Waals surface area contributed by atoms with E-state index < -0.39 is 11.0 Å². The number of carbonyl (C=O) groups is 1. The summed E-state index contributed by atoms with van der Waals surface area (Å²) in [7, 11) is 0. The molecule has 24 heavy (non-hydrogen) atoms. The van der Waals surface area contributed by atoms with Crippen LogP contribution in [0.5, 0.6) is 0 Å². The lowest BCUT2D eigenvalue weighted by Gasteiger charge is -2.14. The summed E-state index contributed by atoms with van der Waals surface area (Å²) >= 11 is 0. The summed E-state index contributed by atoms with van der Waals surface area (Å²) < 4.78 is 3.25. The van der Waals surface area contributed by atoms with E-state index in [4.69, 9.17) is 0 Å². The van der Waals surface area contributed by atoms with Gasteiger partial charge in [-0.05, 0) is 37.7 Å². The minimum Gasteiger partial charge on any atom is -0.358 e. The van der Waals surface area contributed by atoms with Gasteiger partial charge < -0.3 is 15.4 Å². The molecule has 2 aromatic rings. The summed E-state index contributed by atoms with van der Waals surface area (Å²) in [5.74, 6) is -0.428. The highest BCUT2D eigenvalue weighted by atomic mass is 16.6. The van der Waals surface area contributed by atoms with Crippen LogP contribution < -0.4 is 5.32 Å². The number of amides is 1. The first kappa shape index (κ1) is 17.6. The maximum atomic E-state index is 12.4. The van der Waals surface area contributed by atoms with Crippen LogP contribution in [0.3, 0.4) is 0 Å². The molecule has 2 rings (SSSR count). The van der Waals surface area contributed by atoms with Crippen molar-refractivity contribution < 1.29 is 9.72 Å². The summed E-state index contributed by atoms with van der Waals surface area (Å²) in [5, 5.41) is 21.9. The lowest BCUT2D eigenvalue weighted by molar-refractivity contribution is -0.389. The fourth-order valence-corrected chi connectivity index (χ4v) is 2.50. The van der Waals surface area contributed by atoms with Gasteiger partial charge >= 0.3 is 5.82 Å². The van der Waals surface area contributed by atoms with Crippen LogP contribution in [0.1, 0.15) is 37.2 Å². The summed E-state index contributed by atoms with van der Waals surface area (Å²) in [4.78, 5) is 22.6. The SMILES string of the molecule is CCC(C(=O)NCCCn1ccc(C)n1)n1nc([N+](=O)[O-])cc1C. The largest absolute Gasteiger partial charge is 0.390 e. The van der Waals surface area contributed by atoms with E-state index in [1.54, 1.807) is 6.92 Å². The Labute approximate surface area is 139 Å². The number of hydrogen-bond donors (Lipinski definition) is 1. The molecule has 0 aromatic carbocycles. The van der Waals surface area contributed by atoms with Crippen LogP contribution in [0.2, 0.25) is 0 Å². The lowest BCUT2D eigenvalue weighted by Crippen LogP contribution is -2.34. The zero-order valence-corrected chi connectivity index (χ0v) is 14.1. The number of rotatable bonds is 8. The monoisotopic (exact) mass is 334 g/mol. The minimum atomic E-state index is -0.555. The van der Waals surface area contributed by atoms with Crippen molar-refractivity contribution in [3.63, 3.8) is 0 Å². The fraction of sp³-hybridized carbons (Fsp3) is 0.533. The second kappa shape index (κ2) is 7.71. The summed E-state index contributed by atoms with van der Waals surface area (Å²) in [6, 6.07) is 2.75. The topological polar surface area (TPSA) is 108 Å². The highest BCUT2D eigenvalue weighted by molar-refractivity contribution is 5.80. The molecule has 0 spiro atoms. The van der Waals surface area contributed by atoms with Gasteiger partial charge in [-0.25, -0.2) is 0 Å². The van der Waals surface area contributed by atoms with Gasteiger partial charge in [-0.1, -0.05) is 6.92 Å². The Balaban J connectivity index is 1.90. The first-order valence-electron chi connectivity index (χ1n) is 7.90. The molecule has 2 aromatic heterocycles. The zero-order valence-electron chi connectivity index (χ0n) is 14.1. The van der Waals surface area contributed by atoms with Crippen molar-refractivity contribution in [1.29, 1.82) is 0 Å². The van der Waals surface area contributed by atoms with Crippen LogP contribution in [0.25, 0.3) is 0 Å². The van der Waals surface area contributed by atoms with Crippen molar-refractivity contribution in [1.82, 2.24) is 24.9 Å². The van der Waals surface area contributed by atoms with Crippen molar-refractivity contribution in [2.45, 2.75) is 46.2 Å². The van der Waals surface area contributed by atoms with Gasteiger partial charge in [0, 0.05) is 19.3 Å². The molecule has 0 saturated heterocycles. The van der Waals surface area contributed by atoms with E-state index in [-0.39, 0.29) is 11.7 Å². The van der Waals surface area contributed by atoms with Gasteiger partial charge in [0.15, 0.2) is 6.04 Å². The number of hydrogen-bond acceptors (Lipinski definition) is 5. The summed E-state index contributed by atoms with van der Waals surface area (Å²) in [6.45, 7) is 6.71. The van der Waals surface area contributed by atoms with Gasteiger partial charge in [0.05, 0.1) is 22.6 Å². The first-order valence-corrected chi connectivity index (χ1v) is 7.90. The molecule has 1 unspecified atom stereocenters. The van der Waals surface area contributed by atoms with Gasteiger partial charge in [0.25, 0.3) is 0 Å². The molecule has 0 aliphatic rings. The van der Waals surface area contributed by atoms with Crippen molar-refractivity contribution in [2.24, 2.45) is 0 Å². The number of nitro groups is 1. The van der Waals surface area contributed by atoms with E-state index in [0.717, 1.165) is 18.7 Å². The van der Waals surface area contributed by atoms with Crippen molar-refractivity contribution in [3.8, 4) is 0 Å². The standard InChI is InChI=1S/C15H22N6O3/c1-4-13(20-12(3)10-14(18-20)21(23)24)15(22)16-7-5-8-19-9-6-11(2)17-19/h6,9-10,13H,4-5,7-8H2,1-3H3,(H,16,22). The third-order valence-electron chi connectivity index (χ3n) is 3.72. The van der Waals surface area contributed by atoms with Crippen LogP contribution in [0.15, 0.2) is 18.3 Å². The molecular formula is C15H22N6O3. The van der Waals surface area contributed by atoms with Gasteiger partial charge in [0.1, 0.15) is 0 Å². The molecule has 2 heterocycles. The van der Waals surface area contributed by atoms with Gasteiger partial charge in [-0.2, -0.15) is 9.78 Å². The second-order valence-electron chi connectivity index (χ2n) is 5.63. The molecule has 1 amide bonds. The number of nitrogens with zero attached hydrogens (tertiary/aromatic N) is 5. The van der Waals surface area contributed by atoms with Crippen LogP contribution in [-0.4, -0.2) is 36.9 Å². The molecule has 0 aliphatic heterocycles. The molecule has 9 heteroatoms. The first-order chi connectivity index (χ1) is 11.4. The Bertz CT molecular complexity index is 721. The maximum absolute atomic E-state index is 12.4. The fourth-order valence-electron chi connectivity index (χ4n) is 2.50. The number of nitrogens with one attached hydrogen (secondary N) is 1. The van der Waals surface area contributed by atoms with Crippen molar-refractivity contribution in [3.05, 3.63) is 39.8 Å². The zero-order chi connectivity index (χ0) is 17.7. The van der Waals surface area contributed by atoms with Crippen molar-refractivity contribution >= 4 is 11.7 Å². The summed E-state index contributed by atoms with van der Waals surface area (Å²) in [6.07, 6.45) is 3.16. The molecule has 0 radical (unpaired) electrons. The Morgan fingerprint density at radius 3 is 2.71 bits per heavy atom. The predicted molar refractivity (Wildman–Crippen MR) is 87.5 cm³/mol.